The van der Waals surface area contributed by atoms with Gasteiger partial charge in [0.1, 0.15) is 24.1 Å². The van der Waals surface area contributed by atoms with Gasteiger partial charge < -0.3 is 26.2 Å². The van der Waals surface area contributed by atoms with Crippen molar-refractivity contribution in [2.24, 2.45) is 0 Å². The molecule has 174 valence electrons. The van der Waals surface area contributed by atoms with Gasteiger partial charge in [-0.1, -0.05) is 18.2 Å². The maximum absolute atomic E-state index is 12.7. The van der Waals surface area contributed by atoms with E-state index in [0.717, 1.165) is 6.42 Å². The summed E-state index contributed by atoms with van der Waals surface area (Å²) in [6.45, 7) is 0.479. The third-order valence-corrected chi connectivity index (χ3v) is 5.20. The van der Waals surface area contributed by atoms with E-state index in [1.807, 2.05) is 0 Å². The molecule has 0 saturated carbocycles. The van der Waals surface area contributed by atoms with Crippen LogP contribution in [0.4, 0.5) is 16.3 Å². The third kappa shape index (κ3) is 5.00. The molecule has 0 aliphatic carbocycles. The van der Waals surface area contributed by atoms with Crippen LogP contribution < -0.4 is 16.4 Å². The first-order valence-corrected chi connectivity index (χ1v) is 10.3. The second-order valence-corrected chi connectivity index (χ2v) is 7.47. The highest BCUT2D eigenvalue weighted by Crippen LogP contribution is 2.22. The van der Waals surface area contributed by atoms with Gasteiger partial charge in [-0.2, -0.15) is 5.06 Å². The average molecular weight is 456 g/mol. The highest BCUT2D eigenvalue weighted by Gasteiger charge is 2.30. The zero-order valence-corrected chi connectivity index (χ0v) is 17.5. The second kappa shape index (κ2) is 9.77. The number of urea groups is 1. The summed E-state index contributed by atoms with van der Waals surface area (Å²) in [5.74, 6) is -0.249. The molecule has 3 aromatic rings. The smallest absolute Gasteiger partial charge is 0.348 e. The van der Waals surface area contributed by atoms with E-state index in [4.69, 9.17) is 10.5 Å². The van der Waals surface area contributed by atoms with E-state index < -0.39 is 30.4 Å². The molecular weight excluding hydrogens is 432 g/mol. The van der Waals surface area contributed by atoms with E-state index in [1.165, 1.54) is 17.2 Å². The molecule has 3 atom stereocenters. The predicted molar refractivity (Wildman–Crippen MR) is 116 cm³/mol. The summed E-state index contributed by atoms with van der Waals surface area (Å²) < 4.78 is 6.91. The van der Waals surface area contributed by atoms with Crippen LogP contribution in [0.1, 0.15) is 25.4 Å². The number of ether oxygens (including phenoxy) is 1. The number of carbonyl (C=O) groups is 2. The molecule has 3 unspecified atom stereocenters. The number of benzene rings is 1. The number of nitrogens with zero attached hydrogens (tertiary/aromatic N) is 5. The highest BCUT2D eigenvalue weighted by atomic mass is 16.6. The highest BCUT2D eigenvalue weighted by molar-refractivity contribution is 5.88. The summed E-state index contributed by atoms with van der Waals surface area (Å²) in [7, 11) is 0. The molecule has 1 aliphatic rings. The zero-order chi connectivity index (χ0) is 23.4. The monoisotopic (exact) mass is 456 g/mol. The lowest BCUT2D eigenvalue weighted by Crippen LogP contribution is -2.45. The Kier molecular flexibility index (Phi) is 6.63. The van der Waals surface area contributed by atoms with Crippen LogP contribution in [0, 0.1) is 0 Å². The van der Waals surface area contributed by atoms with Gasteiger partial charge in [0.15, 0.2) is 17.7 Å². The van der Waals surface area contributed by atoms with Gasteiger partial charge in [-0.05, 0) is 25.0 Å². The van der Waals surface area contributed by atoms with Gasteiger partial charge in [0.2, 0.25) is 0 Å². The fourth-order valence-corrected chi connectivity index (χ4v) is 3.52. The predicted octanol–water partition coefficient (Wildman–Crippen LogP) is 0.834. The molecule has 33 heavy (non-hydrogen) atoms. The Morgan fingerprint density at radius 2 is 2.06 bits per heavy atom. The van der Waals surface area contributed by atoms with Crippen LogP contribution in [0.3, 0.4) is 0 Å². The van der Waals surface area contributed by atoms with Crippen molar-refractivity contribution in [2.75, 3.05) is 17.7 Å². The number of anilines is 2. The van der Waals surface area contributed by atoms with Crippen molar-refractivity contribution in [2.45, 2.75) is 37.8 Å². The number of para-hydroxylation sites is 1. The Morgan fingerprint density at radius 3 is 2.79 bits per heavy atom. The van der Waals surface area contributed by atoms with E-state index in [-0.39, 0.29) is 17.3 Å². The van der Waals surface area contributed by atoms with Crippen molar-refractivity contribution < 1.29 is 24.6 Å². The Morgan fingerprint density at radius 1 is 1.27 bits per heavy atom. The van der Waals surface area contributed by atoms with Crippen molar-refractivity contribution >= 4 is 34.6 Å². The van der Waals surface area contributed by atoms with Gasteiger partial charge >= 0.3 is 6.03 Å². The van der Waals surface area contributed by atoms with Crippen molar-refractivity contribution in [3.8, 4) is 0 Å². The minimum Gasteiger partial charge on any atom is -0.382 e. The molecule has 1 fully saturated rings. The minimum absolute atomic E-state index is 0.148. The number of amides is 3. The third-order valence-electron chi connectivity index (χ3n) is 5.20. The number of hydrogen-bond donors (Lipinski definition) is 5. The molecule has 3 amide bonds. The number of nitrogen functional groups attached to an aromatic ring is 1. The van der Waals surface area contributed by atoms with E-state index in [0.29, 0.717) is 29.9 Å². The fourth-order valence-electron chi connectivity index (χ4n) is 3.52. The van der Waals surface area contributed by atoms with Gasteiger partial charge in [-0.25, -0.2) is 19.7 Å². The summed E-state index contributed by atoms with van der Waals surface area (Å²) in [5, 5.41) is 26.2. The largest absolute Gasteiger partial charge is 0.382 e. The first-order chi connectivity index (χ1) is 15.9. The molecule has 0 spiro atoms. The van der Waals surface area contributed by atoms with Crippen molar-refractivity contribution in [1.82, 2.24) is 29.9 Å². The molecular formula is C20H24N8O5. The Balaban J connectivity index is 1.54. The number of imidazole rings is 1. The summed E-state index contributed by atoms with van der Waals surface area (Å²) >= 11 is 0. The number of nitrogens with two attached hydrogens (primary N) is 1. The van der Waals surface area contributed by atoms with E-state index >= 15 is 0 Å². The number of nitrogens with one attached hydrogen (secondary N) is 2. The Bertz CT molecular complexity index is 1120. The number of hydrogen-bond acceptors (Lipinski definition) is 9. The molecule has 0 radical (unpaired) electrons. The summed E-state index contributed by atoms with van der Waals surface area (Å²) in [6.07, 6.45) is 0.415. The molecule has 13 heteroatoms. The number of rotatable bonds is 7. The number of aliphatic hydroxyl groups excluding tert-OH is 1. The number of aliphatic hydroxyl groups is 1. The van der Waals surface area contributed by atoms with Crippen LogP contribution in [0.25, 0.3) is 11.2 Å². The standard InChI is InChI=1S/C20H24N8O5/c21-17-16-18(23-10-22-17)27(11-24-16)14(26-19(30)13-7-4-8-33-13)9-15(29)28(32)20(31)25-12-5-2-1-3-6-12/h1-3,5-6,10-11,13-15,29,32H,4,7-9H2,(H,25,31)(H,26,30)(H2,21,22,23). The molecule has 0 bridgehead atoms. The van der Waals surface area contributed by atoms with Crippen LogP contribution in [-0.4, -0.2) is 65.8 Å². The summed E-state index contributed by atoms with van der Waals surface area (Å²) in [5.41, 5.74) is 6.90. The van der Waals surface area contributed by atoms with Gasteiger partial charge in [0, 0.05) is 18.7 Å². The first kappa shape index (κ1) is 22.4. The lowest BCUT2D eigenvalue weighted by atomic mass is 10.2. The van der Waals surface area contributed by atoms with Gasteiger partial charge in [0.25, 0.3) is 5.91 Å². The Labute approximate surface area is 188 Å². The molecule has 1 saturated heterocycles. The normalized spacial score (nSPS) is 17.5. The molecule has 2 aromatic heterocycles. The van der Waals surface area contributed by atoms with E-state index in [2.05, 4.69) is 25.6 Å². The minimum atomic E-state index is -1.68. The first-order valence-electron chi connectivity index (χ1n) is 10.3. The van der Waals surface area contributed by atoms with E-state index in [9.17, 15) is 19.9 Å². The number of aromatic nitrogens is 4. The quantitative estimate of drug-likeness (QED) is 0.195. The lowest BCUT2D eigenvalue weighted by Gasteiger charge is -2.28. The fraction of sp³-hybridized carbons (Fsp3) is 0.350. The molecule has 13 nitrogen and oxygen atoms in total. The Hall–Kier alpha value is -3.81. The molecule has 4 rings (SSSR count). The van der Waals surface area contributed by atoms with Gasteiger partial charge in [0.05, 0.1) is 6.33 Å². The van der Waals surface area contributed by atoms with Crippen molar-refractivity contribution in [1.29, 1.82) is 0 Å². The summed E-state index contributed by atoms with van der Waals surface area (Å²) in [6, 6.07) is 7.51. The summed E-state index contributed by atoms with van der Waals surface area (Å²) in [4.78, 5) is 37.3. The lowest BCUT2D eigenvalue weighted by molar-refractivity contribution is -0.158. The number of hydroxylamine groups is 2. The van der Waals surface area contributed by atoms with Crippen LogP contribution in [0.15, 0.2) is 43.0 Å². The van der Waals surface area contributed by atoms with Crippen LogP contribution in [-0.2, 0) is 9.53 Å². The van der Waals surface area contributed by atoms with Crippen LogP contribution in [0.2, 0.25) is 0 Å². The van der Waals surface area contributed by atoms with E-state index in [1.54, 1.807) is 30.3 Å². The maximum Gasteiger partial charge on any atom is 0.348 e. The molecule has 6 N–H and O–H groups in total. The SMILES string of the molecule is Nc1ncnc2c1ncn2C(CC(O)N(O)C(=O)Nc1ccccc1)NC(=O)C1CCCO1. The second-order valence-electron chi connectivity index (χ2n) is 7.47. The molecule has 3 heterocycles. The van der Waals surface area contributed by atoms with Crippen molar-refractivity contribution in [3.05, 3.63) is 43.0 Å². The maximum atomic E-state index is 12.7. The zero-order valence-electron chi connectivity index (χ0n) is 17.5. The average Bonchev–Trinajstić information content (AvgIpc) is 3.50. The number of carbonyl (C=O) groups excluding carboxylic acids is 2. The van der Waals surface area contributed by atoms with Crippen molar-refractivity contribution in [3.63, 3.8) is 0 Å². The van der Waals surface area contributed by atoms with Gasteiger partial charge in [-0.15, -0.1) is 0 Å². The molecule has 1 aromatic carbocycles. The topological polar surface area (TPSA) is 181 Å². The number of fused-ring (bicyclic) bond motifs is 1. The van der Waals surface area contributed by atoms with Gasteiger partial charge in [-0.3, -0.25) is 14.6 Å². The molecule has 1 aliphatic heterocycles. The van der Waals surface area contributed by atoms with Crippen LogP contribution >= 0.6 is 0 Å². The van der Waals surface area contributed by atoms with Crippen LogP contribution in [0.5, 0.6) is 0 Å².